The van der Waals surface area contributed by atoms with Crippen LogP contribution in [0.4, 0.5) is 0 Å². The summed E-state index contributed by atoms with van der Waals surface area (Å²) in [7, 11) is 0. The fraction of sp³-hybridized carbons (Fsp3) is 0.556. The van der Waals surface area contributed by atoms with E-state index < -0.39 is 0 Å². The fourth-order valence-electron chi connectivity index (χ4n) is 3.28. The summed E-state index contributed by atoms with van der Waals surface area (Å²) < 4.78 is 5.49. The van der Waals surface area contributed by atoms with E-state index in [1.807, 2.05) is 47.9 Å². The minimum atomic E-state index is -0.295. The van der Waals surface area contributed by atoms with Crippen LogP contribution in [0.2, 0.25) is 0 Å². The van der Waals surface area contributed by atoms with E-state index in [-0.39, 0.29) is 17.4 Å². The largest absolute Gasteiger partial charge is 0.377 e. The fourth-order valence-corrected chi connectivity index (χ4v) is 3.28. The molecule has 2 aliphatic heterocycles. The Balaban J connectivity index is 1.76. The minimum Gasteiger partial charge on any atom is -0.377 e. The van der Waals surface area contributed by atoms with Gasteiger partial charge in [-0.3, -0.25) is 9.59 Å². The number of hydrogen-bond donors (Lipinski definition) is 0. The summed E-state index contributed by atoms with van der Waals surface area (Å²) in [4.78, 5) is 28.4. The quantitative estimate of drug-likeness (QED) is 0.857. The Morgan fingerprint density at radius 3 is 2.83 bits per heavy atom. The Morgan fingerprint density at radius 2 is 2.13 bits per heavy atom. The van der Waals surface area contributed by atoms with Gasteiger partial charge in [-0.15, -0.1) is 0 Å². The van der Waals surface area contributed by atoms with Crippen LogP contribution < -0.4 is 0 Å². The zero-order valence-electron chi connectivity index (χ0n) is 13.9. The molecule has 23 heavy (non-hydrogen) atoms. The van der Waals surface area contributed by atoms with Crippen molar-refractivity contribution in [3.8, 4) is 0 Å². The highest BCUT2D eigenvalue weighted by molar-refractivity contribution is 5.95. The smallest absolute Gasteiger partial charge is 0.254 e. The molecule has 0 atom stereocenters. The number of likely N-dealkylation sites (tertiary alicyclic amines) is 1. The topological polar surface area (TPSA) is 49.9 Å². The number of benzene rings is 1. The molecular weight excluding hydrogens is 292 g/mol. The van der Waals surface area contributed by atoms with Gasteiger partial charge in [0.15, 0.2) is 0 Å². The monoisotopic (exact) mass is 316 g/mol. The van der Waals surface area contributed by atoms with Gasteiger partial charge < -0.3 is 14.5 Å². The molecule has 5 heteroatoms. The van der Waals surface area contributed by atoms with E-state index in [1.165, 1.54) is 0 Å². The second kappa shape index (κ2) is 6.32. The average molecular weight is 316 g/mol. The Bertz CT molecular complexity index is 612. The van der Waals surface area contributed by atoms with Gasteiger partial charge in [-0.05, 0) is 38.0 Å². The third kappa shape index (κ3) is 3.39. The molecular formula is C18H24N2O3. The van der Waals surface area contributed by atoms with Crippen molar-refractivity contribution < 1.29 is 14.3 Å². The van der Waals surface area contributed by atoms with Gasteiger partial charge >= 0.3 is 0 Å². The van der Waals surface area contributed by atoms with E-state index in [0.717, 1.165) is 18.5 Å². The van der Waals surface area contributed by atoms with Gasteiger partial charge in [0.05, 0.1) is 18.8 Å². The third-order valence-electron chi connectivity index (χ3n) is 4.61. The van der Waals surface area contributed by atoms with Gasteiger partial charge in [0.25, 0.3) is 5.91 Å². The maximum Gasteiger partial charge on any atom is 0.254 e. The van der Waals surface area contributed by atoms with E-state index >= 15 is 0 Å². The molecule has 1 aromatic rings. The van der Waals surface area contributed by atoms with Gasteiger partial charge in [0.1, 0.15) is 0 Å². The van der Waals surface area contributed by atoms with Crippen molar-refractivity contribution in [2.75, 3.05) is 26.3 Å². The number of nitrogens with zero attached hydrogens (tertiary/aromatic N) is 2. The third-order valence-corrected chi connectivity index (χ3v) is 4.61. The highest BCUT2D eigenvalue weighted by Gasteiger charge is 2.34. The lowest BCUT2D eigenvalue weighted by Gasteiger charge is -2.42. The standard InChI is InChI=1S/C18H24N2O3/c1-18(2)13-23-10-9-20(18)17(22)15-6-3-5-14(11-15)12-19-8-4-7-16(19)21/h3,5-6,11H,4,7-10,12-13H2,1-2H3. The summed E-state index contributed by atoms with van der Waals surface area (Å²) in [5.41, 5.74) is 1.40. The molecule has 1 aromatic carbocycles. The molecule has 0 saturated carbocycles. The first-order valence-electron chi connectivity index (χ1n) is 8.24. The number of carbonyl (C=O) groups is 2. The molecule has 124 valence electrons. The Kier molecular flexibility index (Phi) is 4.39. The van der Waals surface area contributed by atoms with Crippen LogP contribution in [-0.4, -0.2) is 53.5 Å². The average Bonchev–Trinajstić information content (AvgIpc) is 2.92. The Morgan fingerprint density at radius 1 is 1.30 bits per heavy atom. The van der Waals surface area contributed by atoms with Crippen LogP contribution in [-0.2, 0) is 16.1 Å². The van der Waals surface area contributed by atoms with E-state index in [2.05, 4.69) is 0 Å². The normalized spacial score (nSPS) is 20.9. The predicted octanol–water partition coefficient (Wildman–Crippen LogP) is 2.06. The molecule has 0 aliphatic carbocycles. The van der Waals surface area contributed by atoms with Crippen molar-refractivity contribution in [1.82, 2.24) is 9.80 Å². The summed E-state index contributed by atoms with van der Waals surface area (Å²) in [5.74, 6) is 0.240. The highest BCUT2D eigenvalue weighted by atomic mass is 16.5. The summed E-state index contributed by atoms with van der Waals surface area (Å²) in [5, 5.41) is 0. The molecule has 0 radical (unpaired) electrons. The van der Waals surface area contributed by atoms with Gasteiger partial charge in [-0.25, -0.2) is 0 Å². The maximum absolute atomic E-state index is 12.9. The molecule has 2 fully saturated rings. The first-order valence-corrected chi connectivity index (χ1v) is 8.24. The molecule has 0 N–H and O–H groups in total. The zero-order chi connectivity index (χ0) is 16.4. The van der Waals surface area contributed by atoms with Crippen LogP contribution in [0.1, 0.15) is 42.6 Å². The summed E-state index contributed by atoms with van der Waals surface area (Å²) in [6, 6.07) is 7.64. The first kappa shape index (κ1) is 16.0. The number of morpholine rings is 1. The van der Waals surface area contributed by atoms with Crippen LogP contribution in [0, 0.1) is 0 Å². The predicted molar refractivity (Wildman–Crippen MR) is 87.0 cm³/mol. The van der Waals surface area contributed by atoms with Crippen LogP contribution >= 0.6 is 0 Å². The second-order valence-electron chi connectivity index (χ2n) is 6.94. The van der Waals surface area contributed by atoms with Crippen LogP contribution in [0.3, 0.4) is 0 Å². The Labute approximate surface area is 137 Å². The molecule has 2 heterocycles. The van der Waals surface area contributed by atoms with Gasteiger partial charge in [0, 0.05) is 31.6 Å². The van der Waals surface area contributed by atoms with E-state index in [4.69, 9.17) is 4.74 Å². The number of rotatable bonds is 3. The van der Waals surface area contributed by atoms with Gasteiger partial charge in [-0.1, -0.05) is 12.1 Å². The van der Waals surface area contributed by atoms with Crippen molar-refractivity contribution in [2.45, 2.75) is 38.8 Å². The lowest BCUT2D eigenvalue weighted by Crippen LogP contribution is -2.55. The first-order chi connectivity index (χ1) is 11.0. The van der Waals surface area contributed by atoms with Crippen molar-refractivity contribution in [1.29, 1.82) is 0 Å². The lowest BCUT2D eigenvalue weighted by molar-refractivity contribution is -0.128. The molecule has 2 saturated heterocycles. The van der Waals surface area contributed by atoms with E-state index in [0.29, 0.717) is 38.3 Å². The van der Waals surface area contributed by atoms with Gasteiger partial charge in [0.2, 0.25) is 5.91 Å². The van der Waals surface area contributed by atoms with Crippen LogP contribution in [0.15, 0.2) is 24.3 Å². The van der Waals surface area contributed by atoms with Crippen LogP contribution in [0.25, 0.3) is 0 Å². The molecule has 0 unspecified atom stereocenters. The highest BCUT2D eigenvalue weighted by Crippen LogP contribution is 2.22. The summed E-state index contributed by atoms with van der Waals surface area (Å²) in [6.07, 6.45) is 1.57. The molecule has 5 nitrogen and oxygen atoms in total. The minimum absolute atomic E-state index is 0.0351. The second-order valence-corrected chi connectivity index (χ2v) is 6.94. The number of carbonyl (C=O) groups excluding carboxylic acids is 2. The molecule has 0 aromatic heterocycles. The summed E-state index contributed by atoms with van der Waals surface area (Å²) >= 11 is 0. The van der Waals surface area contributed by atoms with E-state index in [1.54, 1.807) is 0 Å². The zero-order valence-corrected chi connectivity index (χ0v) is 13.9. The molecule has 2 aliphatic rings. The summed E-state index contributed by atoms with van der Waals surface area (Å²) in [6.45, 7) is 7.20. The molecule has 0 spiro atoms. The SMILES string of the molecule is CC1(C)COCCN1C(=O)c1cccc(CN2CCCC2=O)c1. The van der Waals surface area contributed by atoms with E-state index in [9.17, 15) is 9.59 Å². The van der Waals surface area contributed by atoms with Crippen LogP contribution in [0.5, 0.6) is 0 Å². The lowest BCUT2D eigenvalue weighted by atomic mass is 10.00. The Hall–Kier alpha value is -1.88. The van der Waals surface area contributed by atoms with Crippen molar-refractivity contribution in [2.24, 2.45) is 0 Å². The van der Waals surface area contributed by atoms with Gasteiger partial charge in [-0.2, -0.15) is 0 Å². The van der Waals surface area contributed by atoms with Crippen molar-refractivity contribution in [3.63, 3.8) is 0 Å². The number of amides is 2. The number of hydrogen-bond acceptors (Lipinski definition) is 3. The maximum atomic E-state index is 12.9. The molecule has 2 amide bonds. The van der Waals surface area contributed by atoms with Crippen molar-refractivity contribution in [3.05, 3.63) is 35.4 Å². The molecule has 0 bridgehead atoms. The molecule has 3 rings (SSSR count). The number of ether oxygens (including phenoxy) is 1. The van der Waals surface area contributed by atoms with Crippen molar-refractivity contribution >= 4 is 11.8 Å².